The van der Waals surface area contributed by atoms with Crippen molar-refractivity contribution in [3.8, 4) is 11.4 Å². The number of anilines is 3. The van der Waals surface area contributed by atoms with E-state index in [0.717, 1.165) is 0 Å². The number of benzene rings is 1. The number of rotatable bonds is 3. The maximum atomic E-state index is 14.8. The van der Waals surface area contributed by atoms with Gasteiger partial charge < -0.3 is 4.90 Å². The summed E-state index contributed by atoms with van der Waals surface area (Å²) in [5.41, 5.74) is 1.44. The first-order valence-electron chi connectivity index (χ1n) is 8.54. The first-order chi connectivity index (χ1) is 13.0. The van der Waals surface area contributed by atoms with Gasteiger partial charge in [-0.2, -0.15) is 5.10 Å². The molecule has 8 nitrogen and oxygen atoms in total. The van der Waals surface area contributed by atoms with Gasteiger partial charge in [-0.1, -0.05) is 0 Å². The highest BCUT2D eigenvalue weighted by molar-refractivity contribution is 6.07. The van der Waals surface area contributed by atoms with Gasteiger partial charge in [-0.3, -0.25) is 14.8 Å². The molecule has 9 heteroatoms. The van der Waals surface area contributed by atoms with Crippen molar-refractivity contribution in [3.05, 3.63) is 42.2 Å². The van der Waals surface area contributed by atoms with Gasteiger partial charge in [-0.15, -0.1) is 0 Å². The summed E-state index contributed by atoms with van der Waals surface area (Å²) in [7, 11) is 0. The molecular weight excluding hydrogens is 349 g/mol. The van der Waals surface area contributed by atoms with Crippen LogP contribution < -0.4 is 9.80 Å². The van der Waals surface area contributed by atoms with Crippen LogP contribution in [0, 0.1) is 12.7 Å². The molecule has 0 aliphatic carbocycles. The average molecular weight is 367 g/mol. The van der Waals surface area contributed by atoms with E-state index in [-0.39, 0.29) is 18.5 Å². The van der Waals surface area contributed by atoms with Crippen molar-refractivity contribution in [1.29, 1.82) is 0 Å². The first kappa shape index (κ1) is 17.1. The summed E-state index contributed by atoms with van der Waals surface area (Å²) >= 11 is 0. The number of carbonyl (C=O) groups excluding carboxylic acids is 1. The van der Waals surface area contributed by atoms with Crippen molar-refractivity contribution < 1.29 is 9.18 Å². The van der Waals surface area contributed by atoms with E-state index in [1.165, 1.54) is 23.5 Å². The molecule has 0 fully saturated rings. The zero-order valence-corrected chi connectivity index (χ0v) is 15.1. The van der Waals surface area contributed by atoms with Crippen LogP contribution >= 0.6 is 0 Å². The molecule has 0 spiro atoms. The highest BCUT2D eigenvalue weighted by atomic mass is 19.1. The number of aryl methyl sites for hydroxylation is 1. The number of carbonyl (C=O) groups is 1. The molecule has 0 saturated heterocycles. The van der Waals surface area contributed by atoms with Gasteiger partial charge in [-0.05, 0) is 38.5 Å². The molecule has 0 bridgehead atoms. The molecule has 1 aliphatic heterocycles. The summed E-state index contributed by atoms with van der Waals surface area (Å²) in [6.45, 7) is 5.93. The van der Waals surface area contributed by atoms with E-state index in [4.69, 9.17) is 0 Å². The van der Waals surface area contributed by atoms with Gasteiger partial charge in [0, 0.05) is 18.4 Å². The second-order valence-corrected chi connectivity index (χ2v) is 6.61. The number of nitrogens with one attached hydrogen (secondary N) is 1. The summed E-state index contributed by atoms with van der Waals surface area (Å²) in [6.07, 6.45) is 4.43. The Morgan fingerprint density at radius 2 is 1.89 bits per heavy atom. The van der Waals surface area contributed by atoms with Gasteiger partial charge in [0.25, 0.3) is 5.91 Å². The number of aromatic amines is 1. The smallest absolute Gasteiger partial charge is 0.252 e. The summed E-state index contributed by atoms with van der Waals surface area (Å²) in [4.78, 5) is 29.0. The number of aromatic nitrogens is 5. The van der Waals surface area contributed by atoms with Crippen molar-refractivity contribution in [2.24, 2.45) is 0 Å². The van der Waals surface area contributed by atoms with Gasteiger partial charge in [0.1, 0.15) is 12.1 Å². The van der Waals surface area contributed by atoms with Gasteiger partial charge >= 0.3 is 0 Å². The maximum absolute atomic E-state index is 14.8. The van der Waals surface area contributed by atoms with Crippen LogP contribution in [0.15, 0.2) is 30.9 Å². The van der Waals surface area contributed by atoms with Crippen LogP contribution in [-0.2, 0) is 4.79 Å². The predicted molar refractivity (Wildman–Crippen MR) is 98.2 cm³/mol. The molecule has 1 aliphatic rings. The zero-order chi connectivity index (χ0) is 19.1. The van der Waals surface area contributed by atoms with E-state index in [0.29, 0.717) is 34.3 Å². The van der Waals surface area contributed by atoms with E-state index < -0.39 is 5.82 Å². The van der Waals surface area contributed by atoms with Crippen molar-refractivity contribution in [2.45, 2.75) is 26.8 Å². The number of fused-ring (bicyclic) bond motifs is 1. The van der Waals surface area contributed by atoms with Crippen LogP contribution in [-0.4, -0.2) is 43.6 Å². The van der Waals surface area contributed by atoms with Crippen LogP contribution in [0.25, 0.3) is 11.4 Å². The fourth-order valence-corrected chi connectivity index (χ4v) is 3.20. The van der Waals surface area contributed by atoms with E-state index in [9.17, 15) is 9.18 Å². The topological polar surface area (TPSA) is 90.9 Å². The molecule has 0 radical (unpaired) electrons. The standard InChI is InChI=1S/C18H18FN7O/c1-10(2)25-8-15(27)26(18-17(25)20-4-5-21-18)14-7-13(19)12(6-11(14)3)16-22-9-23-24-16/h4-7,9-10H,8H2,1-3H3,(H,22,23,24). The lowest BCUT2D eigenvalue weighted by atomic mass is 10.1. The van der Waals surface area contributed by atoms with E-state index in [1.54, 1.807) is 12.3 Å². The lowest BCUT2D eigenvalue weighted by molar-refractivity contribution is -0.117. The molecule has 1 N–H and O–H groups in total. The van der Waals surface area contributed by atoms with Crippen LogP contribution in [0.4, 0.5) is 21.7 Å². The molecule has 0 saturated carbocycles. The summed E-state index contributed by atoms with van der Waals surface area (Å²) < 4.78 is 14.8. The number of hydrogen-bond donors (Lipinski definition) is 1. The SMILES string of the molecule is Cc1cc(-c2ncn[nH]2)c(F)cc1N1C(=O)CN(C(C)C)c2nccnc21. The molecule has 3 heterocycles. The van der Waals surface area contributed by atoms with Gasteiger partial charge in [-0.25, -0.2) is 19.3 Å². The fraction of sp³-hybridized carbons (Fsp3) is 0.278. The van der Waals surface area contributed by atoms with Crippen LogP contribution in [0.1, 0.15) is 19.4 Å². The second-order valence-electron chi connectivity index (χ2n) is 6.61. The molecular formula is C18H18FN7O. The molecule has 2 aromatic heterocycles. The minimum atomic E-state index is -0.503. The van der Waals surface area contributed by atoms with E-state index in [1.807, 2.05) is 25.7 Å². The van der Waals surface area contributed by atoms with E-state index >= 15 is 0 Å². The predicted octanol–water partition coefficient (Wildman–Crippen LogP) is 2.60. The Kier molecular flexibility index (Phi) is 4.06. The Labute approximate surface area is 155 Å². The summed E-state index contributed by atoms with van der Waals surface area (Å²) in [5.74, 6) is 0.644. The zero-order valence-electron chi connectivity index (χ0n) is 15.1. The molecule has 138 valence electrons. The number of halogens is 1. The Hall–Kier alpha value is -3.36. The third kappa shape index (κ3) is 2.80. The number of nitrogens with zero attached hydrogens (tertiary/aromatic N) is 6. The van der Waals surface area contributed by atoms with Crippen molar-refractivity contribution in [1.82, 2.24) is 25.1 Å². The third-order valence-corrected chi connectivity index (χ3v) is 4.52. The number of H-pyrrole nitrogens is 1. The number of amides is 1. The van der Waals surface area contributed by atoms with Crippen LogP contribution in [0.5, 0.6) is 0 Å². The Morgan fingerprint density at radius 3 is 2.56 bits per heavy atom. The molecule has 3 aromatic rings. The molecule has 1 amide bonds. The van der Waals surface area contributed by atoms with Gasteiger partial charge in [0.05, 0.1) is 17.8 Å². The molecule has 27 heavy (non-hydrogen) atoms. The molecule has 0 unspecified atom stereocenters. The Balaban J connectivity index is 1.85. The lowest BCUT2D eigenvalue weighted by Gasteiger charge is -2.37. The van der Waals surface area contributed by atoms with Gasteiger partial charge in [0.2, 0.25) is 0 Å². The fourth-order valence-electron chi connectivity index (χ4n) is 3.20. The largest absolute Gasteiger partial charge is 0.342 e. The minimum absolute atomic E-state index is 0.0817. The van der Waals surface area contributed by atoms with Crippen LogP contribution in [0.2, 0.25) is 0 Å². The summed E-state index contributed by atoms with van der Waals surface area (Å²) in [5, 5.41) is 6.41. The number of hydrogen-bond acceptors (Lipinski definition) is 6. The Bertz CT molecular complexity index is 1000. The highest BCUT2D eigenvalue weighted by Gasteiger charge is 2.34. The lowest BCUT2D eigenvalue weighted by Crippen LogP contribution is -2.47. The monoisotopic (exact) mass is 367 g/mol. The van der Waals surface area contributed by atoms with Crippen molar-refractivity contribution in [2.75, 3.05) is 16.3 Å². The average Bonchev–Trinajstić information content (AvgIpc) is 3.17. The van der Waals surface area contributed by atoms with Crippen molar-refractivity contribution in [3.63, 3.8) is 0 Å². The highest BCUT2D eigenvalue weighted by Crippen LogP contribution is 2.38. The summed E-state index contributed by atoms with van der Waals surface area (Å²) in [6, 6.07) is 3.05. The van der Waals surface area contributed by atoms with Crippen molar-refractivity contribution >= 4 is 23.2 Å². The second kappa shape index (κ2) is 6.42. The van der Waals surface area contributed by atoms with Crippen LogP contribution in [0.3, 0.4) is 0 Å². The first-order valence-corrected chi connectivity index (χ1v) is 8.54. The third-order valence-electron chi connectivity index (χ3n) is 4.52. The quantitative estimate of drug-likeness (QED) is 0.765. The minimum Gasteiger partial charge on any atom is -0.342 e. The maximum Gasteiger partial charge on any atom is 0.252 e. The normalized spacial score (nSPS) is 14.0. The molecule has 1 aromatic carbocycles. The van der Waals surface area contributed by atoms with Gasteiger partial charge in [0.15, 0.2) is 17.5 Å². The molecule has 0 atom stereocenters. The molecule has 4 rings (SSSR count). The Morgan fingerprint density at radius 1 is 1.15 bits per heavy atom. The van der Waals surface area contributed by atoms with E-state index in [2.05, 4.69) is 25.1 Å².